The Bertz CT molecular complexity index is 381. The minimum atomic E-state index is -4.52. The average Bonchev–Trinajstić information content (AvgIpc) is 2.59. The number of aldehydes is 1. The van der Waals surface area contributed by atoms with Gasteiger partial charge in [0.2, 0.25) is 0 Å². The van der Waals surface area contributed by atoms with Crippen molar-refractivity contribution in [3.8, 4) is 0 Å². The molecule has 6 heteroatoms. The van der Waals surface area contributed by atoms with E-state index in [0.29, 0.717) is 6.07 Å². The van der Waals surface area contributed by atoms with Crippen LogP contribution < -0.4 is 0 Å². The topological polar surface area (TPSA) is 34.9 Å². The highest BCUT2D eigenvalue weighted by molar-refractivity contribution is 5.71. The van der Waals surface area contributed by atoms with Crippen molar-refractivity contribution in [1.82, 2.24) is 9.78 Å². The second kappa shape index (κ2) is 3.88. The summed E-state index contributed by atoms with van der Waals surface area (Å²) in [5.41, 5.74) is -1.19. The molecule has 0 amide bonds. The van der Waals surface area contributed by atoms with E-state index in [9.17, 15) is 18.0 Å². The molecule has 1 heterocycles. The van der Waals surface area contributed by atoms with E-state index in [0.717, 1.165) is 4.68 Å². The maximum atomic E-state index is 12.5. The predicted molar refractivity (Wildman–Crippen MR) is 47.5 cm³/mol. The molecule has 0 bridgehead atoms. The molecule has 0 saturated heterocycles. The number of hydrogen-bond acceptors (Lipinski definition) is 2. The van der Waals surface area contributed by atoms with Crippen molar-refractivity contribution in [3.05, 3.63) is 30.1 Å². The summed E-state index contributed by atoms with van der Waals surface area (Å²) in [7, 11) is 0. The lowest BCUT2D eigenvalue weighted by atomic mass is 10.3. The zero-order valence-electron chi connectivity index (χ0n) is 7.95. The lowest BCUT2D eigenvalue weighted by Crippen LogP contribution is -2.16. The Hall–Kier alpha value is -1.59. The molecule has 0 aliphatic rings. The second-order valence-electron chi connectivity index (χ2n) is 2.99. The number of aromatic nitrogens is 2. The molecular weight excluding hydrogens is 209 g/mol. The van der Waals surface area contributed by atoms with E-state index < -0.39 is 17.9 Å². The van der Waals surface area contributed by atoms with Gasteiger partial charge < -0.3 is 0 Å². The third-order valence-corrected chi connectivity index (χ3v) is 1.89. The Kier molecular flexibility index (Phi) is 2.97. The predicted octanol–water partition coefficient (Wildman–Crippen LogP) is 2.46. The number of rotatable bonds is 3. The Labute approximate surface area is 84.2 Å². The summed E-state index contributed by atoms with van der Waals surface area (Å²) < 4.78 is 38.2. The number of halogens is 3. The Morgan fingerprint density at radius 2 is 2.20 bits per heavy atom. The third-order valence-electron chi connectivity index (χ3n) is 1.89. The van der Waals surface area contributed by atoms with Crippen LogP contribution in [0.1, 0.15) is 29.1 Å². The Morgan fingerprint density at radius 3 is 2.60 bits per heavy atom. The average molecular weight is 218 g/mol. The van der Waals surface area contributed by atoms with E-state index in [1.165, 1.54) is 13.0 Å². The van der Waals surface area contributed by atoms with Crippen molar-refractivity contribution in [2.24, 2.45) is 0 Å². The Morgan fingerprint density at radius 1 is 1.60 bits per heavy atom. The van der Waals surface area contributed by atoms with Crippen molar-refractivity contribution in [2.75, 3.05) is 0 Å². The van der Waals surface area contributed by atoms with Gasteiger partial charge in [-0.1, -0.05) is 6.08 Å². The van der Waals surface area contributed by atoms with Crippen molar-refractivity contribution in [1.29, 1.82) is 0 Å². The second-order valence-corrected chi connectivity index (χ2v) is 2.99. The van der Waals surface area contributed by atoms with Crippen LogP contribution in [0.4, 0.5) is 13.2 Å². The summed E-state index contributed by atoms with van der Waals surface area (Å²) >= 11 is 0. The summed E-state index contributed by atoms with van der Waals surface area (Å²) in [4.78, 5) is 10.3. The molecule has 0 aliphatic heterocycles. The number of carbonyl (C=O) groups excluding carboxylic acids is 1. The lowest BCUT2D eigenvalue weighted by molar-refractivity contribution is -0.144. The van der Waals surface area contributed by atoms with Crippen molar-refractivity contribution < 1.29 is 18.0 Å². The van der Waals surface area contributed by atoms with Crippen LogP contribution in [0.5, 0.6) is 0 Å². The first kappa shape index (κ1) is 11.5. The molecule has 1 atom stereocenters. The van der Waals surface area contributed by atoms with Gasteiger partial charge >= 0.3 is 6.18 Å². The van der Waals surface area contributed by atoms with E-state index in [4.69, 9.17) is 0 Å². The van der Waals surface area contributed by atoms with Gasteiger partial charge in [-0.2, -0.15) is 18.3 Å². The molecule has 0 spiro atoms. The zero-order valence-corrected chi connectivity index (χ0v) is 7.95. The van der Waals surface area contributed by atoms with Crippen LogP contribution in [-0.4, -0.2) is 16.1 Å². The summed E-state index contributed by atoms with van der Waals surface area (Å²) in [5, 5.41) is 3.52. The molecule has 0 N–H and O–H groups in total. The highest BCUT2D eigenvalue weighted by atomic mass is 19.4. The van der Waals surface area contributed by atoms with Gasteiger partial charge in [-0.15, -0.1) is 6.58 Å². The normalized spacial score (nSPS) is 13.6. The van der Waals surface area contributed by atoms with Crippen LogP contribution in [-0.2, 0) is 6.18 Å². The molecule has 15 heavy (non-hydrogen) atoms. The van der Waals surface area contributed by atoms with Gasteiger partial charge in [-0.3, -0.25) is 9.48 Å². The molecule has 82 valence electrons. The van der Waals surface area contributed by atoms with E-state index in [-0.39, 0.29) is 12.0 Å². The number of hydrogen-bond donors (Lipinski definition) is 0. The van der Waals surface area contributed by atoms with Crippen LogP contribution in [0, 0.1) is 0 Å². The fourth-order valence-corrected chi connectivity index (χ4v) is 1.09. The molecule has 0 fully saturated rings. The van der Waals surface area contributed by atoms with Gasteiger partial charge in [0.05, 0.1) is 6.04 Å². The fraction of sp³-hybridized carbons (Fsp3) is 0.333. The van der Waals surface area contributed by atoms with Crippen LogP contribution >= 0.6 is 0 Å². The lowest BCUT2D eigenvalue weighted by Gasteiger charge is -2.13. The summed E-state index contributed by atoms with van der Waals surface area (Å²) in [5.74, 6) is 0. The summed E-state index contributed by atoms with van der Waals surface area (Å²) in [6.45, 7) is 4.88. The molecule has 1 rings (SSSR count). The van der Waals surface area contributed by atoms with Crippen LogP contribution in [0.2, 0.25) is 0 Å². The molecule has 3 nitrogen and oxygen atoms in total. The zero-order chi connectivity index (χ0) is 11.6. The highest BCUT2D eigenvalue weighted by Crippen LogP contribution is 2.31. The standard InChI is InChI=1S/C9H9F3N2O/c1-3-6(2)14-8(9(10,11)12)4-7(5-15)13-14/h3-6H,1H2,2H3. The number of nitrogens with zero attached hydrogens (tertiary/aromatic N) is 2. The Balaban J connectivity index is 3.29. The molecule has 1 aromatic rings. The molecule has 0 radical (unpaired) electrons. The van der Waals surface area contributed by atoms with Crippen LogP contribution in [0.15, 0.2) is 18.7 Å². The molecule has 1 unspecified atom stereocenters. The van der Waals surface area contributed by atoms with E-state index in [2.05, 4.69) is 11.7 Å². The minimum Gasteiger partial charge on any atom is -0.296 e. The van der Waals surface area contributed by atoms with Crippen LogP contribution in [0.25, 0.3) is 0 Å². The van der Waals surface area contributed by atoms with E-state index in [1.807, 2.05) is 0 Å². The van der Waals surface area contributed by atoms with E-state index >= 15 is 0 Å². The van der Waals surface area contributed by atoms with Crippen molar-refractivity contribution in [2.45, 2.75) is 19.1 Å². The number of carbonyl (C=O) groups is 1. The van der Waals surface area contributed by atoms with Gasteiger partial charge in [0.25, 0.3) is 0 Å². The molecule has 0 aliphatic carbocycles. The van der Waals surface area contributed by atoms with Gasteiger partial charge in [-0.25, -0.2) is 0 Å². The fourth-order valence-electron chi connectivity index (χ4n) is 1.09. The van der Waals surface area contributed by atoms with Crippen molar-refractivity contribution in [3.63, 3.8) is 0 Å². The smallest absolute Gasteiger partial charge is 0.296 e. The summed E-state index contributed by atoms with van der Waals surface area (Å²) in [6.07, 6.45) is -2.93. The first-order valence-electron chi connectivity index (χ1n) is 4.14. The minimum absolute atomic E-state index is 0.240. The number of allylic oxidation sites excluding steroid dienone is 1. The molecule has 0 aromatic carbocycles. The third kappa shape index (κ3) is 2.26. The first-order chi connectivity index (χ1) is 6.90. The largest absolute Gasteiger partial charge is 0.433 e. The van der Waals surface area contributed by atoms with Gasteiger partial charge in [0.15, 0.2) is 6.29 Å². The molecular formula is C9H9F3N2O. The van der Waals surface area contributed by atoms with Crippen molar-refractivity contribution >= 4 is 6.29 Å². The SMILES string of the molecule is C=CC(C)n1nc(C=O)cc1C(F)(F)F. The summed E-state index contributed by atoms with van der Waals surface area (Å²) in [6, 6.07) is 0.0998. The van der Waals surface area contributed by atoms with Crippen LogP contribution in [0.3, 0.4) is 0 Å². The van der Waals surface area contributed by atoms with E-state index in [1.54, 1.807) is 0 Å². The van der Waals surface area contributed by atoms with Gasteiger partial charge in [-0.05, 0) is 13.0 Å². The monoisotopic (exact) mass is 218 g/mol. The molecule has 1 aromatic heterocycles. The quantitative estimate of drug-likeness (QED) is 0.577. The maximum absolute atomic E-state index is 12.5. The number of alkyl halides is 3. The van der Waals surface area contributed by atoms with Gasteiger partial charge in [0.1, 0.15) is 11.4 Å². The first-order valence-corrected chi connectivity index (χ1v) is 4.14. The molecule has 0 saturated carbocycles. The van der Waals surface area contributed by atoms with Gasteiger partial charge in [0, 0.05) is 0 Å². The maximum Gasteiger partial charge on any atom is 0.433 e. The highest BCUT2D eigenvalue weighted by Gasteiger charge is 2.36.